The average molecular weight is 415 g/mol. The lowest BCUT2D eigenvalue weighted by atomic mass is 9.72. The minimum Gasteiger partial charge on any atom is -0.512 e. The van der Waals surface area contributed by atoms with Crippen LogP contribution in [0.3, 0.4) is 0 Å². The summed E-state index contributed by atoms with van der Waals surface area (Å²) in [6.07, 6.45) is 5.44. The predicted molar refractivity (Wildman–Crippen MR) is 131 cm³/mol. The van der Waals surface area contributed by atoms with E-state index in [1.807, 2.05) is 38.1 Å². The number of carbonyl (C=O) groups excluding carboxylic acids is 1. The molecule has 162 valence electrons. The summed E-state index contributed by atoms with van der Waals surface area (Å²) in [7, 11) is 0. The van der Waals surface area contributed by atoms with Gasteiger partial charge in [0.1, 0.15) is 5.76 Å². The molecule has 0 aliphatic heterocycles. The van der Waals surface area contributed by atoms with Crippen molar-refractivity contribution < 1.29 is 9.90 Å². The third kappa shape index (κ3) is 4.17. The third-order valence-corrected chi connectivity index (χ3v) is 6.39. The molecule has 1 N–H and O–H groups in total. The van der Waals surface area contributed by atoms with Crippen LogP contribution >= 0.6 is 0 Å². The monoisotopic (exact) mass is 414 g/mol. The number of allylic oxidation sites excluding steroid dienone is 4. The highest BCUT2D eigenvalue weighted by atomic mass is 16.3. The van der Waals surface area contributed by atoms with Gasteiger partial charge in [-0.2, -0.15) is 0 Å². The standard InChI is InChI=1S/C27H28O2.C2H6/c1-16-12-13-27(4,5)23-14-17(2)21(15-22(16)23)18(3)19-6-8-20(9-7-19)26-24(28)10-11-25(26)29;1-2/h6-9,12-16,28H,3,10-11H2,1-2,4-5H3;1-2H3. The zero-order valence-corrected chi connectivity index (χ0v) is 19.7. The van der Waals surface area contributed by atoms with Crippen LogP contribution in [0, 0.1) is 6.92 Å². The van der Waals surface area contributed by atoms with E-state index in [0.29, 0.717) is 24.3 Å². The Morgan fingerprint density at radius 1 is 1.10 bits per heavy atom. The van der Waals surface area contributed by atoms with Crippen molar-refractivity contribution in [2.24, 2.45) is 0 Å². The van der Waals surface area contributed by atoms with Crippen LogP contribution in [0.1, 0.15) is 86.8 Å². The average Bonchev–Trinajstić information content (AvgIpc) is 3.10. The number of Topliss-reactive ketones (excluding diaryl/α,β-unsaturated/α-hetero) is 1. The van der Waals surface area contributed by atoms with Crippen LogP contribution in [0.15, 0.2) is 60.9 Å². The number of hydrogen-bond acceptors (Lipinski definition) is 2. The Bertz CT molecular complexity index is 1080. The van der Waals surface area contributed by atoms with E-state index in [0.717, 1.165) is 22.3 Å². The molecule has 0 amide bonds. The van der Waals surface area contributed by atoms with Crippen LogP contribution in [-0.2, 0) is 10.2 Å². The molecule has 1 unspecified atom stereocenters. The molecule has 0 saturated heterocycles. The second-order valence-electron chi connectivity index (χ2n) is 8.92. The van der Waals surface area contributed by atoms with Gasteiger partial charge in [0.15, 0.2) is 5.78 Å². The molecule has 0 fully saturated rings. The second-order valence-corrected chi connectivity index (χ2v) is 8.92. The largest absolute Gasteiger partial charge is 0.512 e. The fourth-order valence-electron chi connectivity index (χ4n) is 4.53. The van der Waals surface area contributed by atoms with E-state index in [4.69, 9.17) is 0 Å². The first-order valence-electron chi connectivity index (χ1n) is 11.3. The summed E-state index contributed by atoms with van der Waals surface area (Å²) < 4.78 is 0. The smallest absolute Gasteiger partial charge is 0.167 e. The first-order valence-corrected chi connectivity index (χ1v) is 11.3. The maximum absolute atomic E-state index is 12.0. The van der Waals surface area contributed by atoms with E-state index in [2.05, 4.69) is 58.6 Å². The van der Waals surface area contributed by atoms with Crippen molar-refractivity contribution in [1.82, 2.24) is 0 Å². The Hall–Kier alpha value is -2.87. The lowest BCUT2D eigenvalue weighted by Crippen LogP contribution is -2.21. The number of benzene rings is 2. The van der Waals surface area contributed by atoms with Crippen molar-refractivity contribution in [2.45, 2.75) is 65.7 Å². The summed E-state index contributed by atoms with van der Waals surface area (Å²) in [5, 5.41) is 10.0. The molecule has 2 aliphatic rings. The van der Waals surface area contributed by atoms with Crippen LogP contribution in [-0.4, -0.2) is 10.9 Å². The fraction of sp³-hybridized carbons (Fsp3) is 0.345. The lowest BCUT2D eigenvalue weighted by Gasteiger charge is -2.32. The van der Waals surface area contributed by atoms with E-state index < -0.39 is 0 Å². The Labute approximate surface area is 187 Å². The molecule has 2 nitrogen and oxygen atoms in total. The van der Waals surface area contributed by atoms with Gasteiger partial charge in [-0.05, 0) is 57.9 Å². The maximum Gasteiger partial charge on any atom is 0.167 e. The number of rotatable bonds is 3. The molecule has 0 aromatic heterocycles. The molecule has 2 aromatic carbocycles. The van der Waals surface area contributed by atoms with Crippen molar-refractivity contribution in [3.63, 3.8) is 0 Å². The van der Waals surface area contributed by atoms with Gasteiger partial charge in [-0.1, -0.05) is 83.7 Å². The van der Waals surface area contributed by atoms with Gasteiger partial charge in [-0.25, -0.2) is 0 Å². The topological polar surface area (TPSA) is 37.3 Å². The molecule has 31 heavy (non-hydrogen) atoms. The van der Waals surface area contributed by atoms with Crippen molar-refractivity contribution in [3.05, 3.63) is 94.3 Å². The Morgan fingerprint density at radius 3 is 2.32 bits per heavy atom. The van der Waals surface area contributed by atoms with Gasteiger partial charge in [0.2, 0.25) is 0 Å². The zero-order valence-electron chi connectivity index (χ0n) is 19.7. The van der Waals surface area contributed by atoms with Crippen LogP contribution in [0.2, 0.25) is 0 Å². The second kappa shape index (κ2) is 8.70. The Balaban J connectivity index is 0.00000132. The molecule has 4 rings (SSSR count). The van der Waals surface area contributed by atoms with E-state index in [1.165, 1.54) is 16.7 Å². The molecule has 0 saturated carbocycles. The number of aryl methyl sites for hydroxylation is 1. The molecule has 0 bridgehead atoms. The maximum atomic E-state index is 12.0. The number of aliphatic hydroxyl groups is 1. The summed E-state index contributed by atoms with van der Waals surface area (Å²) in [6, 6.07) is 12.4. The molecule has 0 heterocycles. The Kier molecular flexibility index (Phi) is 6.40. The summed E-state index contributed by atoms with van der Waals surface area (Å²) >= 11 is 0. The highest BCUT2D eigenvalue weighted by Gasteiger charge is 2.28. The van der Waals surface area contributed by atoms with Crippen molar-refractivity contribution in [2.75, 3.05) is 0 Å². The molecular formula is C29H34O2. The first-order chi connectivity index (χ1) is 14.7. The van der Waals surface area contributed by atoms with E-state index in [1.54, 1.807) is 0 Å². The van der Waals surface area contributed by atoms with Crippen molar-refractivity contribution >= 4 is 16.9 Å². The van der Waals surface area contributed by atoms with Gasteiger partial charge in [0, 0.05) is 18.3 Å². The van der Waals surface area contributed by atoms with Crippen LogP contribution in [0.5, 0.6) is 0 Å². The predicted octanol–water partition coefficient (Wildman–Crippen LogP) is 7.67. The zero-order chi connectivity index (χ0) is 22.9. The Morgan fingerprint density at radius 2 is 1.74 bits per heavy atom. The molecule has 1 atom stereocenters. The number of aliphatic hydroxyl groups excluding tert-OH is 1. The van der Waals surface area contributed by atoms with E-state index in [-0.39, 0.29) is 17.0 Å². The molecule has 0 radical (unpaired) electrons. The summed E-state index contributed by atoms with van der Waals surface area (Å²) in [4.78, 5) is 12.0. The highest BCUT2D eigenvalue weighted by molar-refractivity contribution is 6.23. The molecule has 2 aromatic rings. The highest BCUT2D eigenvalue weighted by Crippen LogP contribution is 2.41. The van der Waals surface area contributed by atoms with Crippen molar-refractivity contribution in [1.29, 1.82) is 0 Å². The summed E-state index contributed by atoms with van der Waals surface area (Å²) in [5.41, 5.74) is 8.43. The quantitative estimate of drug-likeness (QED) is 0.523. The molecule has 0 spiro atoms. The minimum atomic E-state index is 0.0178. The van der Waals surface area contributed by atoms with Crippen LogP contribution in [0.25, 0.3) is 11.1 Å². The number of carbonyl (C=O) groups is 1. The van der Waals surface area contributed by atoms with Crippen LogP contribution in [0.4, 0.5) is 0 Å². The summed E-state index contributed by atoms with van der Waals surface area (Å²) in [5.74, 6) is 0.608. The first kappa shape index (κ1) is 22.8. The van der Waals surface area contributed by atoms with Crippen molar-refractivity contribution in [3.8, 4) is 0 Å². The summed E-state index contributed by atoms with van der Waals surface area (Å²) in [6.45, 7) is 17.3. The van der Waals surface area contributed by atoms with Gasteiger partial charge in [0.05, 0.1) is 5.57 Å². The molecule has 2 heteroatoms. The lowest BCUT2D eigenvalue weighted by molar-refractivity contribution is -0.113. The van der Waals surface area contributed by atoms with Gasteiger partial charge in [-0.15, -0.1) is 0 Å². The number of hydrogen-bond donors (Lipinski definition) is 1. The minimum absolute atomic E-state index is 0.0178. The molecule has 2 aliphatic carbocycles. The number of fused-ring (bicyclic) bond motifs is 1. The number of ketones is 1. The van der Waals surface area contributed by atoms with E-state index in [9.17, 15) is 9.90 Å². The normalized spacial score (nSPS) is 19.0. The third-order valence-electron chi connectivity index (χ3n) is 6.39. The van der Waals surface area contributed by atoms with E-state index >= 15 is 0 Å². The van der Waals surface area contributed by atoms with Crippen LogP contribution < -0.4 is 0 Å². The van der Waals surface area contributed by atoms with Gasteiger partial charge in [-0.3, -0.25) is 4.79 Å². The fourth-order valence-corrected chi connectivity index (χ4v) is 4.53. The van der Waals surface area contributed by atoms with Gasteiger partial charge >= 0.3 is 0 Å². The van der Waals surface area contributed by atoms with Gasteiger partial charge in [0.25, 0.3) is 0 Å². The SMILES string of the molecule is C=C(c1ccc(C2=C(O)CCC2=O)cc1)c1cc2c(cc1C)C(C)(C)C=CC2C.CC. The molecular weight excluding hydrogens is 380 g/mol. The van der Waals surface area contributed by atoms with Gasteiger partial charge < -0.3 is 5.11 Å².